The van der Waals surface area contributed by atoms with Gasteiger partial charge in [0.2, 0.25) is 0 Å². The zero-order chi connectivity index (χ0) is 18.0. The first-order valence-electron chi connectivity index (χ1n) is 7.66. The molecule has 1 aromatic heterocycles. The van der Waals surface area contributed by atoms with Gasteiger partial charge in [-0.15, -0.1) is 11.3 Å². The molecule has 0 saturated carbocycles. The van der Waals surface area contributed by atoms with E-state index in [1.54, 1.807) is 0 Å². The molecular formula is C17H16N2O5S. The minimum absolute atomic E-state index is 0.0712. The van der Waals surface area contributed by atoms with Gasteiger partial charge in [0.1, 0.15) is 10.8 Å². The van der Waals surface area contributed by atoms with Gasteiger partial charge in [-0.05, 0) is 43.0 Å². The minimum atomic E-state index is -0.727. The topological polar surface area (TPSA) is 119 Å². The van der Waals surface area contributed by atoms with Crippen LogP contribution < -0.4 is 11.1 Å². The molecule has 1 heterocycles. The Hall–Kier alpha value is -2.87. The lowest BCUT2D eigenvalue weighted by Gasteiger charge is -2.07. The zero-order valence-corrected chi connectivity index (χ0v) is 14.0. The average molecular weight is 360 g/mol. The number of nitrogens with one attached hydrogen (secondary N) is 1. The predicted octanol–water partition coefficient (Wildman–Crippen LogP) is 1.84. The second kappa shape index (κ2) is 6.94. The van der Waals surface area contributed by atoms with Gasteiger partial charge >= 0.3 is 5.97 Å². The number of carbonyl (C=O) groups is 3. The molecule has 2 aromatic rings. The normalized spacial score (nSPS) is 12.5. The summed E-state index contributed by atoms with van der Waals surface area (Å²) in [4.78, 5) is 36.6. The smallest absolute Gasteiger partial charge is 0.338 e. The number of rotatable bonds is 5. The van der Waals surface area contributed by atoms with E-state index in [0.29, 0.717) is 10.6 Å². The van der Waals surface area contributed by atoms with E-state index in [2.05, 4.69) is 5.32 Å². The number of hydrogen-bond donors (Lipinski definition) is 3. The molecule has 0 fully saturated rings. The Bertz CT molecular complexity index is 859. The van der Waals surface area contributed by atoms with Crippen LogP contribution in [0.1, 0.15) is 37.6 Å². The average Bonchev–Trinajstić information content (AvgIpc) is 3.12. The third-order valence-corrected chi connectivity index (χ3v) is 5.04. The number of nitrogens with two attached hydrogens (primary N) is 1. The van der Waals surface area contributed by atoms with Gasteiger partial charge in [0, 0.05) is 4.88 Å². The molecule has 0 saturated heterocycles. The highest BCUT2D eigenvalue weighted by Gasteiger charge is 2.26. The molecule has 0 spiro atoms. The molecule has 1 aliphatic carbocycles. The highest BCUT2D eigenvalue weighted by molar-refractivity contribution is 7.17. The lowest BCUT2D eigenvalue weighted by atomic mass is 10.1. The molecule has 0 bridgehead atoms. The third-order valence-electron chi connectivity index (χ3n) is 3.84. The van der Waals surface area contributed by atoms with Crippen LogP contribution >= 0.6 is 11.3 Å². The molecule has 25 heavy (non-hydrogen) atoms. The Balaban J connectivity index is 1.64. The number of ether oxygens (including phenoxy) is 1. The molecule has 2 amide bonds. The number of carbonyl (C=O) groups excluding carboxylic acids is 3. The second-order valence-electron chi connectivity index (χ2n) is 5.60. The molecule has 0 radical (unpaired) electrons. The summed E-state index contributed by atoms with van der Waals surface area (Å²) < 4.78 is 4.92. The first-order valence-corrected chi connectivity index (χ1v) is 8.47. The fraction of sp³-hybridized carbons (Fsp3) is 0.235. The van der Waals surface area contributed by atoms with Crippen LogP contribution in [0.2, 0.25) is 0 Å². The van der Waals surface area contributed by atoms with E-state index in [1.807, 2.05) is 0 Å². The van der Waals surface area contributed by atoms with Crippen molar-refractivity contribution in [3.05, 3.63) is 45.8 Å². The number of primary amides is 1. The first-order chi connectivity index (χ1) is 12.0. The lowest BCUT2D eigenvalue weighted by molar-refractivity contribution is -0.119. The number of aryl methyl sites for hydroxylation is 1. The number of amides is 2. The maximum absolute atomic E-state index is 12.0. The van der Waals surface area contributed by atoms with Gasteiger partial charge < -0.3 is 20.9 Å². The summed E-state index contributed by atoms with van der Waals surface area (Å²) in [7, 11) is 0. The Morgan fingerprint density at radius 2 is 2.08 bits per heavy atom. The molecule has 0 unspecified atom stereocenters. The van der Waals surface area contributed by atoms with Crippen molar-refractivity contribution in [3.63, 3.8) is 0 Å². The van der Waals surface area contributed by atoms with Crippen molar-refractivity contribution >= 4 is 34.1 Å². The van der Waals surface area contributed by atoms with Crippen molar-refractivity contribution in [3.8, 4) is 5.75 Å². The van der Waals surface area contributed by atoms with E-state index in [4.69, 9.17) is 10.5 Å². The van der Waals surface area contributed by atoms with E-state index >= 15 is 0 Å². The number of fused-ring (bicyclic) bond motifs is 1. The maximum Gasteiger partial charge on any atom is 0.338 e. The van der Waals surface area contributed by atoms with Gasteiger partial charge in [0.15, 0.2) is 6.61 Å². The molecule has 0 aliphatic heterocycles. The highest BCUT2D eigenvalue weighted by atomic mass is 32.1. The van der Waals surface area contributed by atoms with Crippen molar-refractivity contribution in [1.29, 1.82) is 0 Å². The van der Waals surface area contributed by atoms with E-state index < -0.39 is 24.4 Å². The van der Waals surface area contributed by atoms with Gasteiger partial charge in [-0.1, -0.05) is 6.07 Å². The Kier molecular flexibility index (Phi) is 4.71. The quantitative estimate of drug-likeness (QED) is 0.703. The summed E-state index contributed by atoms with van der Waals surface area (Å²) in [5.74, 6) is -1.93. The van der Waals surface area contributed by atoms with Crippen LogP contribution in [0.4, 0.5) is 5.00 Å². The molecular weight excluding hydrogens is 344 g/mol. The number of hydrogen-bond acceptors (Lipinski definition) is 6. The number of phenolic OH excluding ortho intramolecular Hbond substituents is 1. The molecule has 1 aliphatic rings. The SMILES string of the molecule is NC(=O)c1c(NC(=O)COC(=O)c2cccc(O)c2)sc2c1CCC2. The molecule has 4 N–H and O–H groups in total. The number of aromatic hydroxyl groups is 1. The summed E-state index contributed by atoms with van der Waals surface area (Å²) in [6, 6.07) is 5.63. The van der Waals surface area contributed by atoms with E-state index in [1.165, 1.54) is 35.6 Å². The van der Waals surface area contributed by atoms with Crippen LogP contribution in [0.3, 0.4) is 0 Å². The Morgan fingerprint density at radius 3 is 2.80 bits per heavy atom. The fourth-order valence-corrected chi connectivity index (χ4v) is 4.07. The van der Waals surface area contributed by atoms with Gasteiger partial charge in [-0.25, -0.2) is 4.79 Å². The third kappa shape index (κ3) is 3.63. The van der Waals surface area contributed by atoms with Gasteiger partial charge in [0.05, 0.1) is 11.1 Å². The Labute approximate surface area is 147 Å². The zero-order valence-electron chi connectivity index (χ0n) is 13.2. The van der Waals surface area contributed by atoms with Crippen molar-refractivity contribution in [2.45, 2.75) is 19.3 Å². The molecule has 8 heteroatoms. The molecule has 3 rings (SSSR count). The fourth-order valence-electron chi connectivity index (χ4n) is 2.76. The van der Waals surface area contributed by atoms with Crippen LogP contribution in [0.25, 0.3) is 0 Å². The van der Waals surface area contributed by atoms with E-state index in [0.717, 1.165) is 29.7 Å². The van der Waals surface area contributed by atoms with Gasteiger partial charge in [-0.3, -0.25) is 9.59 Å². The van der Waals surface area contributed by atoms with E-state index in [9.17, 15) is 19.5 Å². The molecule has 0 atom stereocenters. The lowest BCUT2D eigenvalue weighted by Crippen LogP contribution is -2.22. The molecule has 1 aromatic carbocycles. The summed E-state index contributed by atoms with van der Waals surface area (Å²) >= 11 is 1.33. The monoisotopic (exact) mass is 360 g/mol. The highest BCUT2D eigenvalue weighted by Crippen LogP contribution is 2.38. The number of phenols is 1. The van der Waals surface area contributed by atoms with Crippen molar-refractivity contribution in [1.82, 2.24) is 0 Å². The van der Waals surface area contributed by atoms with Crippen LogP contribution in [0, 0.1) is 0 Å². The van der Waals surface area contributed by atoms with E-state index in [-0.39, 0.29) is 11.3 Å². The number of esters is 1. The van der Waals surface area contributed by atoms with Crippen molar-refractivity contribution < 1.29 is 24.2 Å². The number of thiophene rings is 1. The Morgan fingerprint density at radius 1 is 1.28 bits per heavy atom. The van der Waals surface area contributed by atoms with Crippen LogP contribution in [-0.4, -0.2) is 29.5 Å². The molecule has 130 valence electrons. The number of anilines is 1. The maximum atomic E-state index is 12.0. The summed E-state index contributed by atoms with van der Waals surface area (Å²) in [5, 5.41) is 12.3. The van der Waals surface area contributed by atoms with Gasteiger partial charge in [-0.2, -0.15) is 0 Å². The summed E-state index contributed by atoms with van der Waals surface area (Å²) in [6.07, 6.45) is 2.60. The standard InChI is InChI=1S/C17H16N2O5S/c18-15(22)14-11-5-2-6-12(11)25-16(14)19-13(21)8-24-17(23)9-3-1-4-10(20)7-9/h1,3-4,7,20H,2,5-6,8H2,(H2,18,22)(H,19,21). The summed E-state index contributed by atoms with van der Waals surface area (Å²) in [5.41, 5.74) is 6.83. The second-order valence-corrected chi connectivity index (χ2v) is 6.71. The largest absolute Gasteiger partial charge is 0.508 e. The van der Waals surface area contributed by atoms with Crippen molar-refractivity contribution in [2.24, 2.45) is 5.73 Å². The predicted molar refractivity (Wildman–Crippen MR) is 91.9 cm³/mol. The van der Waals surface area contributed by atoms with Gasteiger partial charge in [0.25, 0.3) is 11.8 Å². The van der Waals surface area contributed by atoms with Crippen LogP contribution in [0.15, 0.2) is 24.3 Å². The number of benzene rings is 1. The van der Waals surface area contributed by atoms with Crippen molar-refractivity contribution in [2.75, 3.05) is 11.9 Å². The summed E-state index contributed by atoms with van der Waals surface area (Å²) in [6.45, 7) is -0.505. The minimum Gasteiger partial charge on any atom is -0.508 e. The van der Waals surface area contributed by atoms with Crippen LogP contribution in [-0.2, 0) is 22.4 Å². The molecule has 7 nitrogen and oxygen atoms in total. The van der Waals surface area contributed by atoms with Crippen LogP contribution in [0.5, 0.6) is 5.75 Å². The first kappa shape index (κ1) is 17.0.